The lowest BCUT2D eigenvalue weighted by Gasteiger charge is -2.26. The first-order valence-corrected chi connectivity index (χ1v) is 18.2. The van der Waals surface area contributed by atoms with E-state index in [1.54, 1.807) is 0 Å². The van der Waals surface area contributed by atoms with Crippen molar-refractivity contribution in [2.24, 2.45) is 0 Å². The zero-order chi connectivity index (χ0) is 32.3. The smallest absolute Gasteiger partial charge is 0.0476 e. The largest absolute Gasteiger partial charge is 0.310 e. The number of hydrogen-bond donors (Lipinski definition) is 0. The van der Waals surface area contributed by atoms with Gasteiger partial charge in [-0.25, -0.2) is 0 Å². The molecule has 0 saturated carbocycles. The summed E-state index contributed by atoms with van der Waals surface area (Å²) in [4.78, 5) is 2.40. The first-order chi connectivity index (χ1) is 24.3. The highest BCUT2D eigenvalue weighted by molar-refractivity contribution is 7.26. The molecule has 0 N–H and O–H groups in total. The van der Waals surface area contributed by atoms with Crippen LogP contribution in [0.1, 0.15) is 0 Å². The topological polar surface area (TPSA) is 3.24 Å². The van der Waals surface area contributed by atoms with Gasteiger partial charge in [-0.1, -0.05) is 115 Å². The number of hydrogen-bond acceptors (Lipinski definition) is 3. The van der Waals surface area contributed by atoms with Gasteiger partial charge < -0.3 is 4.90 Å². The van der Waals surface area contributed by atoms with Crippen LogP contribution in [0.5, 0.6) is 0 Å². The summed E-state index contributed by atoms with van der Waals surface area (Å²) in [5.41, 5.74) is 8.32. The molecule has 0 bridgehead atoms. The molecule has 2 heterocycles. The summed E-state index contributed by atoms with van der Waals surface area (Å²) < 4.78 is 5.27. The molecule has 2 aromatic heterocycles. The van der Waals surface area contributed by atoms with Crippen LogP contribution in [-0.4, -0.2) is 0 Å². The predicted molar refractivity (Wildman–Crippen MR) is 215 cm³/mol. The van der Waals surface area contributed by atoms with Crippen molar-refractivity contribution in [3.8, 4) is 22.3 Å². The van der Waals surface area contributed by atoms with Crippen LogP contribution >= 0.6 is 22.7 Å². The van der Waals surface area contributed by atoms with Gasteiger partial charge in [0.2, 0.25) is 0 Å². The lowest BCUT2D eigenvalue weighted by atomic mass is 9.98. The van der Waals surface area contributed by atoms with Crippen LogP contribution in [0.2, 0.25) is 0 Å². The van der Waals surface area contributed by atoms with Crippen molar-refractivity contribution < 1.29 is 0 Å². The van der Waals surface area contributed by atoms with Gasteiger partial charge in [0.25, 0.3) is 0 Å². The van der Waals surface area contributed by atoms with E-state index in [-0.39, 0.29) is 0 Å². The lowest BCUT2D eigenvalue weighted by molar-refractivity contribution is 1.29. The fourth-order valence-electron chi connectivity index (χ4n) is 7.30. The molecule has 3 heteroatoms. The van der Waals surface area contributed by atoms with E-state index >= 15 is 0 Å². The molecule has 0 aliphatic heterocycles. The Hall–Kier alpha value is -5.74. The second-order valence-corrected chi connectivity index (χ2v) is 14.7. The summed E-state index contributed by atoms with van der Waals surface area (Å²) in [5, 5.41) is 7.80. The molecule has 0 saturated heterocycles. The SMILES string of the molecule is c1cc(-c2ccc3ccccc3c2)cc(N(c2ccc(-c3cccc4sc5ccccc5c34)cc2)c2ccc3c(c2)sc2ccccc23)c1. The van der Waals surface area contributed by atoms with E-state index in [4.69, 9.17) is 0 Å². The summed E-state index contributed by atoms with van der Waals surface area (Å²) in [6, 6.07) is 64.5. The standard InChI is InChI=1S/C46H29NS2/c1-2-10-32-27-34(20-19-30(32)9-1)33-11-7-12-36(28-33)47(37-25-26-40-39-13-3-5-16-42(39)49-45(40)29-37)35-23-21-31(22-24-35)38-15-8-18-44-46(38)41-14-4-6-17-43(41)48-44/h1-29H. The van der Waals surface area contributed by atoms with Crippen LogP contribution in [-0.2, 0) is 0 Å². The highest BCUT2D eigenvalue weighted by Crippen LogP contribution is 2.43. The molecule has 0 aliphatic rings. The summed E-state index contributed by atoms with van der Waals surface area (Å²) in [5.74, 6) is 0. The van der Waals surface area contributed by atoms with E-state index in [0.717, 1.165) is 17.1 Å². The van der Waals surface area contributed by atoms with E-state index in [2.05, 4.69) is 181 Å². The van der Waals surface area contributed by atoms with Crippen LogP contribution in [0, 0.1) is 0 Å². The number of rotatable bonds is 5. The minimum atomic E-state index is 1.13. The van der Waals surface area contributed by atoms with Crippen molar-refractivity contribution in [3.63, 3.8) is 0 Å². The zero-order valence-electron chi connectivity index (χ0n) is 26.5. The highest BCUT2D eigenvalue weighted by atomic mass is 32.1. The van der Waals surface area contributed by atoms with Gasteiger partial charge in [0.1, 0.15) is 0 Å². The van der Waals surface area contributed by atoms with Crippen LogP contribution < -0.4 is 4.90 Å². The molecule has 230 valence electrons. The highest BCUT2D eigenvalue weighted by Gasteiger charge is 2.17. The van der Waals surface area contributed by atoms with Crippen molar-refractivity contribution in [2.45, 2.75) is 0 Å². The Morgan fingerprint density at radius 2 is 0.939 bits per heavy atom. The van der Waals surface area contributed by atoms with E-state index in [9.17, 15) is 0 Å². The molecule has 0 amide bonds. The van der Waals surface area contributed by atoms with Crippen molar-refractivity contribution >= 4 is 90.9 Å². The third-order valence-corrected chi connectivity index (χ3v) is 11.9. The molecule has 0 spiro atoms. The normalized spacial score (nSPS) is 11.7. The fourth-order valence-corrected chi connectivity index (χ4v) is 9.57. The van der Waals surface area contributed by atoms with Crippen LogP contribution in [0.4, 0.5) is 17.1 Å². The quantitative estimate of drug-likeness (QED) is 0.178. The molecule has 10 aromatic rings. The molecule has 10 rings (SSSR count). The van der Waals surface area contributed by atoms with Crippen molar-refractivity contribution in [3.05, 3.63) is 176 Å². The van der Waals surface area contributed by atoms with Crippen LogP contribution in [0.25, 0.3) is 73.4 Å². The molecule has 0 aliphatic carbocycles. The van der Waals surface area contributed by atoms with Gasteiger partial charge in [0.05, 0.1) is 0 Å². The minimum absolute atomic E-state index is 1.13. The van der Waals surface area contributed by atoms with Gasteiger partial charge in [-0.2, -0.15) is 0 Å². The van der Waals surface area contributed by atoms with Gasteiger partial charge >= 0.3 is 0 Å². The first kappa shape index (κ1) is 28.3. The molecule has 0 unspecified atom stereocenters. The molecular formula is C46H29NS2. The predicted octanol–water partition coefficient (Wildman–Crippen LogP) is 14.4. The van der Waals surface area contributed by atoms with Crippen molar-refractivity contribution in [2.75, 3.05) is 4.90 Å². The summed E-state index contributed by atoms with van der Waals surface area (Å²) in [6.45, 7) is 0. The second-order valence-electron chi connectivity index (χ2n) is 12.6. The Balaban J connectivity index is 1.12. The molecule has 49 heavy (non-hydrogen) atoms. The van der Waals surface area contributed by atoms with E-state index in [1.807, 2.05) is 22.7 Å². The van der Waals surface area contributed by atoms with E-state index in [0.29, 0.717) is 0 Å². The Bertz CT molecular complexity index is 2840. The first-order valence-electron chi connectivity index (χ1n) is 16.6. The lowest BCUT2D eigenvalue weighted by Crippen LogP contribution is -2.10. The minimum Gasteiger partial charge on any atom is -0.310 e. The van der Waals surface area contributed by atoms with Crippen molar-refractivity contribution in [1.82, 2.24) is 0 Å². The maximum atomic E-state index is 2.40. The fraction of sp³-hybridized carbons (Fsp3) is 0. The summed E-state index contributed by atoms with van der Waals surface area (Å²) in [6.07, 6.45) is 0. The Morgan fingerprint density at radius 1 is 0.327 bits per heavy atom. The average Bonchev–Trinajstić information content (AvgIpc) is 3.73. The molecule has 8 aromatic carbocycles. The molecule has 0 atom stereocenters. The number of benzene rings is 8. The third kappa shape index (κ3) is 4.82. The average molecular weight is 660 g/mol. The van der Waals surface area contributed by atoms with Crippen LogP contribution in [0.3, 0.4) is 0 Å². The van der Waals surface area contributed by atoms with Crippen molar-refractivity contribution in [1.29, 1.82) is 0 Å². The molecular weight excluding hydrogens is 631 g/mol. The monoisotopic (exact) mass is 659 g/mol. The van der Waals surface area contributed by atoms with Crippen LogP contribution in [0.15, 0.2) is 176 Å². The van der Waals surface area contributed by atoms with Gasteiger partial charge in [-0.3, -0.25) is 0 Å². The Morgan fingerprint density at radius 3 is 1.82 bits per heavy atom. The summed E-state index contributed by atoms with van der Waals surface area (Å²) >= 11 is 3.73. The third-order valence-electron chi connectivity index (χ3n) is 9.65. The van der Waals surface area contributed by atoms with E-state index < -0.39 is 0 Å². The van der Waals surface area contributed by atoms with Gasteiger partial charge in [-0.05, 0) is 93.7 Å². The maximum Gasteiger partial charge on any atom is 0.0476 e. The second kappa shape index (κ2) is 11.5. The maximum absolute atomic E-state index is 2.40. The van der Waals surface area contributed by atoms with Gasteiger partial charge in [0.15, 0.2) is 0 Å². The zero-order valence-corrected chi connectivity index (χ0v) is 28.1. The molecule has 0 fully saturated rings. The Labute approximate surface area is 292 Å². The van der Waals surface area contributed by atoms with Gasteiger partial charge in [-0.15, -0.1) is 22.7 Å². The van der Waals surface area contributed by atoms with Gasteiger partial charge in [0, 0.05) is 57.4 Å². The van der Waals surface area contributed by atoms with E-state index in [1.165, 1.54) is 73.4 Å². The molecule has 1 nitrogen and oxygen atoms in total. The Kier molecular flexibility index (Phi) is 6.61. The number of fused-ring (bicyclic) bond motifs is 7. The summed E-state index contributed by atoms with van der Waals surface area (Å²) in [7, 11) is 0. The number of nitrogens with zero attached hydrogens (tertiary/aromatic N) is 1. The number of anilines is 3. The molecule has 0 radical (unpaired) electrons. The number of thiophene rings is 2.